The van der Waals surface area contributed by atoms with Crippen LogP contribution in [0.4, 0.5) is 8.78 Å². The summed E-state index contributed by atoms with van der Waals surface area (Å²) < 4.78 is 28.3. The van der Waals surface area contributed by atoms with Crippen LogP contribution in [-0.2, 0) is 4.74 Å². The summed E-state index contributed by atoms with van der Waals surface area (Å²) in [5.74, 6) is 0. The van der Waals surface area contributed by atoms with Crippen LogP contribution in [-0.4, -0.2) is 24.7 Å². The molecule has 0 aliphatic heterocycles. The largest absolute Gasteiger partial charge is 0.388 e. The van der Waals surface area contributed by atoms with E-state index in [1.165, 1.54) is 0 Å². The molecule has 0 saturated heterocycles. The third-order valence-corrected chi connectivity index (χ3v) is 2.70. The van der Waals surface area contributed by atoms with Crippen LogP contribution in [0.3, 0.4) is 0 Å². The fourth-order valence-electron chi connectivity index (χ4n) is 1.51. The van der Waals surface area contributed by atoms with Crippen molar-refractivity contribution in [1.29, 1.82) is 0 Å². The lowest BCUT2D eigenvalue weighted by molar-refractivity contribution is 0.00481. The van der Waals surface area contributed by atoms with Gasteiger partial charge < -0.3 is 9.84 Å². The maximum absolute atomic E-state index is 11.8. The normalized spacial score (nSPS) is 13.1. The number of hydrogen-bond donors (Lipinski definition) is 1. The summed E-state index contributed by atoms with van der Waals surface area (Å²) in [6.45, 7) is 3.54. The molecule has 0 aliphatic rings. The molecule has 96 valence electrons. The summed E-state index contributed by atoms with van der Waals surface area (Å²) >= 11 is 0. The molecule has 0 saturated carbocycles. The summed E-state index contributed by atoms with van der Waals surface area (Å²) in [6, 6.07) is 5.70. The van der Waals surface area contributed by atoms with Gasteiger partial charge in [0.1, 0.15) is 6.61 Å². The Morgan fingerprint density at radius 2 is 1.94 bits per heavy atom. The first-order valence-electron chi connectivity index (χ1n) is 5.62. The molecule has 0 radical (unpaired) electrons. The molecule has 1 atom stereocenters. The maximum Gasteiger partial charge on any atom is 0.261 e. The molecule has 1 unspecified atom stereocenters. The lowest BCUT2D eigenvalue weighted by Gasteiger charge is -2.12. The van der Waals surface area contributed by atoms with Crippen LogP contribution in [0.2, 0.25) is 0 Å². The van der Waals surface area contributed by atoms with Gasteiger partial charge in [0.05, 0.1) is 6.10 Å². The van der Waals surface area contributed by atoms with Crippen molar-refractivity contribution in [3.63, 3.8) is 0 Å². The van der Waals surface area contributed by atoms with E-state index in [0.29, 0.717) is 6.42 Å². The molecule has 1 aromatic rings. The molecule has 0 aromatic heterocycles. The number of aryl methyl sites for hydroxylation is 2. The molecule has 0 amide bonds. The Morgan fingerprint density at radius 3 is 2.53 bits per heavy atom. The molecule has 0 heterocycles. The van der Waals surface area contributed by atoms with Crippen LogP contribution in [0.1, 0.15) is 29.2 Å². The number of hydrogen-bond acceptors (Lipinski definition) is 2. The predicted molar refractivity (Wildman–Crippen MR) is 62.3 cm³/mol. The van der Waals surface area contributed by atoms with Crippen molar-refractivity contribution >= 4 is 0 Å². The van der Waals surface area contributed by atoms with Gasteiger partial charge in [0.2, 0.25) is 0 Å². The highest BCUT2D eigenvalue weighted by Crippen LogP contribution is 2.19. The summed E-state index contributed by atoms with van der Waals surface area (Å²) in [5, 5.41) is 9.83. The molecular weight excluding hydrogens is 226 g/mol. The number of benzene rings is 1. The van der Waals surface area contributed by atoms with E-state index in [9.17, 15) is 13.9 Å². The van der Waals surface area contributed by atoms with Gasteiger partial charge in [-0.1, -0.05) is 18.2 Å². The van der Waals surface area contributed by atoms with Crippen molar-refractivity contribution in [2.24, 2.45) is 0 Å². The second-order valence-electron chi connectivity index (χ2n) is 4.11. The molecule has 17 heavy (non-hydrogen) atoms. The first-order valence-corrected chi connectivity index (χ1v) is 5.62. The Labute approximate surface area is 100 Å². The van der Waals surface area contributed by atoms with Gasteiger partial charge in [-0.2, -0.15) is 0 Å². The van der Waals surface area contributed by atoms with Crippen LogP contribution in [0.5, 0.6) is 0 Å². The van der Waals surface area contributed by atoms with Gasteiger partial charge in [-0.05, 0) is 30.5 Å². The number of rotatable bonds is 6. The van der Waals surface area contributed by atoms with Gasteiger partial charge in [0.15, 0.2) is 0 Å². The Hall–Kier alpha value is -1.00. The molecular formula is C13H18F2O2. The van der Waals surface area contributed by atoms with E-state index >= 15 is 0 Å². The molecule has 1 rings (SSSR count). The van der Waals surface area contributed by atoms with Crippen LogP contribution in [0, 0.1) is 13.8 Å². The van der Waals surface area contributed by atoms with Gasteiger partial charge in [-0.25, -0.2) is 8.78 Å². The fraction of sp³-hybridized carbons (Fsp3) is 0.538. The van der Waals surface area contributed by atoms with Gasteiger partial charge in [0.25, 0.3) is 6.43 Å². The van der Waals surface area contributed by atoms with Gasteiger partial charge in [-0.3, -0.25) is 0 Å². The highest BCUT2D eigenvalue weighted by molar-refractivity contribution is 5.31. The van der Waals surface area contributed by atoms with E-state index < -0.39 is 19.1 Å². The molecule has 1 N–H and O–H groups in total. The zero-order valence-electron chi connectivity index (χ0n) is 10.1. The highest BCUT2D eigenvalue weighted by Gasteiger charge is 2.09. The maximum atomic E-state index is 11.8. The minimum absolute atomic E-state index is 0.137. The highest BCUT2D eigenvalue weighted by atomic mass is 19.3. The Morgan fingerprint density at radius 1 is 1.24 bits per heavy atom. The van der Waals surface area contributed by atoms with Crippen molar-refractivity contribution in [1.82, 2.24) is 0 Å². The Balaban J connectivity index is 2.41. The summed E-state index contributed by atoms with van der Waals surface area (Å²) in [7, 11) is 0. The quantitative estimate of drug-likeness (QED) is 0.779. The fourth-order valence-corrected chi connectivity index (χ4v) is 1.51. The smallest absolute Gasteiger partial charge is 0.261 e. The third-order valence-electron chi connectivity index (χ3n) is 2.70. The molecule has 0 bridgehead atoms. The van der Waals surface area contributed by atoms with Crippen LogP contribution in [0.25, 0.3) is 0 Å². The van der Waals surface area contributed by atoms with Crippen molar-refractivity contribution in [2.45, 2.75) is 32.8 Å². The SMILES string of the molecule is Cc1ccc(C(O)CCOCC(F)F)cc1C. The number of aliphatic hydroxyl groups is 1. The lowest BCUT2D eigenvalue weighted by atomic mass is 10.0. The lowest BCUT2D eigenvalue weighted by Crippen LogP contribution is -2.08. The van der Waals surface area contributed by atoms with Crippen molar-refractivity contribution in [2.75, 3.05) is 13.2 Å². The summed E-state index contributed by atoms with van der Waals surface area (Å²) in [5.41, 5.74) is 3.07. The average Bonchev–Trinajstić information content (AvgIpc) is 2.27. The average molecular weight is 244 g/mol. The van der Waals surface area contributed by atoms with E-state index in [2.05, 4.69) is 0 Å². The number of halogens is 2. The zero-order chi connectivity index (χ0) is 12.8. The molecule has 2 nitrogen and oxygen atoms in total. The minimum atomic E-state index is -2.45. The second kappa shape index (κ2) is 6.67. The van der Waals surface area contributed by atoms with E-state index in [1.54, 1.807) is 0 Å². The molecule has 0 spiro atoms. The van der Waals surface area contributed by atoms with Crippen LogP contribution in [0.15, 0.2) is 18.2 Å². The standard InChI is InChI=1S/C13H18F2O2/c1-9-3-4-11(7-10(9)2)12(16)5-6-17-8-13(14)15/h3-4,7,12-13,16H,5-6,8H2,1-2H3. The number of alkyl halides is 2. The van der Waals surface area contributed by atoms with Gasteiger partial charge in [0, 0.05) is 13.0 Å². The first kappa shape index (κ1) is 14.1. The van der Waals surface area contributed by atoms with Crippen molar-refractivity contribution in [3.05, 3.63) is 34.9 Å². The van der Waals surface area contributed by atoms with Crippen LogP contribution >= 0.6 is 0 Å². The van der Waals surface area contributed by atoms with E-state index in [4.69, 9.17) is 4.74 Å². The second-order valence-corrected chi connectivity index (χ2v) is 4.11. The Kier molecular flexibility index (Phi) is 5.51. The van der Waals surface area contributed by atoms with Crippen molar-refractivity contribution in [3.8, 4) is 0 Å². The number of ether oxygens (including phenoxy) is 1. The molecule has 0 aliphatic carbocycles. The predicted octanol–water partition coefficient (Wildman–Crippen LogP) is 3.01. The first-order chi connectivity index (χ1) is 8.00. The monoisotopic (exact) mass is 244 g/mol. The molecule has 1 aromatic carbocycles. The summed E-state index contributed by atoms with van der Waals surface area (Å²) in [4.78, 5) is 0. The minimum Gasteiger partial charge on any atom is -0.388 e. The third kappa shape index (κ3) is 4.79. The van der Waals surface area contributed by atoms with E-state index in [1.807, 2.05) is 32.0 Å². The van der Waals surface area contributed by atoms with E-state index in [-0.39, 0.29) is 6.61 Å². The summed E-state index contributed by atoms with van der Waals surface area (Å²) in [6.07, 6.45) is -2.78. The zero-order valence-corrected chi connectivity index (χ0v) is 10.1. The molecule has 4 heteroatoms. The van der Waals surface area contributed by atoms with E-state index in [0.717, 1.165) is 16.7 Å². The van der Waals surface area contributed by atoms with Crippen molar-refractivity contribution < 1.29 is 18.6 Å². The molecule has 0 fully saturated rings. The van der Waals surface area contributed by atoms with Crippen LogP contribution < -0.4 is 0 Å². The van der Waals surface area contributed by atoms with Gasteiger partial charge >= 0.3 is 0 Å². The Bertz CT molecular complexity index is 353. The number of aliphatic hydroxyl groups excluding tert-OH is 1. The topological polar surface area (TPSA) is 29.5 Å². The van der Waals surface area contributed by atoms with Gasteiger partial charge in [-0.15, -0.1) is 0 Å².